The summed E-state index contributed by atoms with van der Waals surface area (Å²) in [6.45, 7) is 3.56. The van der Waals surface area contributed by atoms with Gasteiger partial charge in [0.05, 0.1) is 5.02 Å². The van der Waals surface area contributed by atoms with Gasteiger partial charge in [-0.05, 0) is 24.3 Å². The molecule has 3 heterocycles. The van der Waals surface area contributed by atoms with Crippen molar-refractivity contribution in [3.63, 3.8) is 0 Å². The molecule has 0 radical (unpaired) electrons. The number of hydrogen-bond donors (Lipinski definition) is 2. The van der Waals surface area contributed by atoms with Gasteiger partial charge in [0.1, 0.15) is 12.1 Å². The van der Waals surface area contributed by atoms with Crippen LogP contribution in [0, 0.1) is 0 Å². The van der Waals surface area contributed by atoms with Crippen LogP contribution < -0.4 is 20.3 Å². The Balaban J connectivity index is 1.47. The van der Waals surface area contributed by atoms with Crippen LogP contribution in [0.15, 0.2) is 42.9 Å². The fraction of sp³-hybridized carbons (Fsp3) is 0.235. The predicted octanol–water partition coefficient (Wildman–Crippen LogP) is 2.26. The van der Waals surface area contributed by atoms with Crippen LogP contribution in [0.5, 0.6) is 11.6 Å². The van der Waals surface area contributed by atoms with Gasteiger partial charge in [0, 0.05) is 44.1 Å². The van der Waals surface area contributed by atoms with Crippen molar-refractivity contribution in [1.82, 2.24) is 30.5 Å². The number of piperazine rings is 1. The van der Waals surface area contributed by atoms with Gasteiger partial charge in [0.2, 0.25) is 17.8 Å². The van der Waals surface area contributed by atoms with Gasteiger partial charge in [-0.25, -0.2) is 9.97 Å². The molecule has 4 rings (SSSR count). The van der Waals surface area contributed by atoms with Crippen molar-refractivity contribution in [3.05, 3.63) is 47.9 Å². The largest absolute Gasteiger partial charge is 0.436 e. The first-order valence-corrected chi connectivity index (χ1v) is 8.82. The number of halogens is 1. The topological polar surface area (TPSA) is 101 Å². The fourth-order valence-corrected chi connectivity index (χ4v) is 2.83. The fourth-order valence-electron chi connectivity index (χ4n) is 2.61. The van der Waals surface area contributed by atoms with Crippen LogP contribution in [0.4, 0.5) is 17.6 Å². The average molecular weight is 385 g/mol. The Labute approximate surface area is 160 Å². The minimum absolute atomic E-state index is 0.373. The third-order valence-electron chi connectivity index (χ3n) is 3.91. The first kappa shape index (κ1) is 17.4. The molecule has 2 aromatic heterocycles. The minimum Gasteiger partial charge on any atom is -0.436 e. The molecule has 0 atom stereocenters. The van der Waals surface area contributed by atoms with Crippen LogP contribution in [0.3, 0.4) is 0 Å². The molecule has 27 heavy (non-hydrogen) atoms. The van der Waals surface area contributed by atoms with E-state index >= 15 is 0 Å². The zero-order valence-corrected chi connectivity index (χ0v) is 15.1. The highest BCUT2D eigenvalue weighted by atomic mass is 35.5. The molecule has 138 valence electrons. The second-order valence-corrected chi connectivity index (χ2v) is 6.19. The molecular weight excluding hydrogens is 368 g/mol. The molecule has 0 unspecified atom stereocenters. The van der Waals surface area contributed by atoms with E-state index in [-0.39, 0.29) is 0 Å². The number of benzene rings is 1. The van der Waals surface area contributed by atoms with E-state index in [1.165, 1.54) is 6.33 Å². The lowest BCUT2D eigenvalue weighted by atomic mass is 10.3. The van der Waals surface area contributed by atoms with Crippen LogP contribution in [-0.2, 0) is 0 Å². The molecule has 9 nitrogen and oxygen atoms in total. The molecule has 0 aliphatic carbocycles. The molecule has 0 spiro atoms. The maximum atomic E-state index is 6.32. The quantitative estimate of drug-likeness (QED) is 0.685. The van der Waals surface area contributed by atoms with Crippen molar-refractivity contribution in [2.75, 3.05) is 36.4 Å². The Bertz CT molecular complexity index is 904. The van der Waals surface area contributed by atoms with Gasteiger partial charge < -0.3 is 20.3 Å². The van der Waals surface area contributed by atoms with Gasteiger partial charge in [0.25, 0.3) is 0 Å². The van der Waals surface area contributed by atoms with E-state index in [1.807, 2.05) is 6.07 Å². The van der Waals surface area contributed by atoms with Crippen LogP contribution in [0.25, 0.3) is 0 Å². The monoisotopic (exact) mass is 384 g/mol. The molecule has 1 aliphatic heterocycles. The molecule has 0 saturated carbocycles. The standard InChI is InChI=1S/C17H17ClN8O/c18-13-10-12(3-4-14(13)27-15-2-1-5-22-25-15)23-16-20-11-21-17(24-16)26-8-6-19-7-9-26/h1-5,10-11,19H,6-9H2,(H,20,21,23,24). The van der Waals surface area contributed by atoms with Gasteiger partial charge in [-0.15, -0.1) is 5.10 Å². The number of nitrogens with zero attached hydrogens (tertiary/aromatic N) is 6. The summed E-state index contributed by atoms with van der Waals surface area (Å²) < 4.78 is 5.63. The summed E-state index contributed by atoms with van der Waals surface area (Å²) in [6, 6.07) is 8.76. The molecular formula is C17H17ClN8O. The maximum absolute atomic E-state index is 6.32. The van der Waals surface area contributed by atoms with Crippen LogP contribution in [-0.4, -0.2) is 51.3 Å². The molecule has 1 aromatic carbocycles. The van der Waals surface area contributed by atoms with E-state index in [2.05, 4.69) is 40.7 Å². The molecule has 0 bridgehead atoms. The summed E-state index contributed by atoms with van der Waals surface area (Å²) in [4.78, 5) is 15.0. The predicted molar refractivity (Wildman–Crippen MR) is 102 cm³/mol. The Kier molecular flexibility index (Phi) is 5.22. The number of ether oxygens (including phenoxy) is 1. The third-order valence-corrected chi connectivity index (χ3v) is 4.20. The number of nitrogens with one attached hydrogen (secondary N) is 2. The zero-order valence-electron chi connectivity index (χ0n) is 14.3. The Morgan fingerprint density at radius 2 is 2.04 bits per heavy atom. The van der Waals surface area contributed by atoms with Crippen molar-refractivity contribution >= 4 is 29.2 Å². The molecule has 0 amide bonds. The van der Waals surface area contributed by atoms with Gasteiger partial charge in [-0.2, -0.15) is 10.1 Å². The number of hydrogen-bond acceptors (Lipinski definition) is 9. The van der Waals surface area contributed by atoms with Crippen molar-refractivity contribution < 1.29 is 4.74 Å². The maximum Gasteiger partial charge on any atom is 0.238 e. The van der Waals surface area contributed by atoms with E-state index < -0.39 is 0 Å². The summed E-state index contributed by atoms with van der Waals surface area (Å²) in [5, 5.41) is 14.5. The molecule has 2 N–H and O–H groups in total. The summed E-state index contributed by atoms with van der Waals surface area (Å²) in [5.74, 6) is 1.97. The van der Waals surface area contributed by atoms with Crippen molar-refractivity contribution in [2.24, 2.45) is 0 Å². The van der Waals surface area contributed by atoms with Gasteiger partial charge in [0.15, 0.2) is 0 Å². The van der Waals surface area contributed by atoms with Gasteiger partial charge in [-0.1, -0.05) is 11.6 Å². The smallest absolute Gasteiger partial charge is 0.238 e. The van der Waals surface area contributed by atoms with Crippen LogP contribution in [0.2, 0.25) is 5.02 Å². The minimum atomic E-state index is 0.373. The lowest BCUT2D eigenvalue weighted by molar-refractivity contribution is 0.455. The summed E-state index contributed by atoms with van der Waals surface area (Å²) in [7, 11) is 0. The molecule has 1 aliphatic rings. The highest BCUT2D eigenvalue weighted by Crippen LogP contribution is 2.31. The summed E-state index contributed by atoms with van der Waals surface area (Å²) in [6.07, 6.45) is 3.07. The van der Waals surface area contributed by atoms with Crippen molar-refractivity contribution in [2.45, 2.75) is 0 Å². The van der Waals surface area contributed by atoms with Crippen LogP contribution in [0.1, 0.15) is 0 Å². The van der Waals surface area contributed by atoms with E-state index in [0.717, 1.165) is 31.9 Å². The van der Waals surface area contributed by atoms with Gasteiger partial charge >= 0.3 is 0 Å². The lowest BCUT2D eigenvalue weighted by Crippen LogP contribution is -2.44. The number of rotatable bonds is 5. The number of aromatic nitrogens is 5. The molecule has 1 fully saturated rings. The Hall–Kier alpha value is -3.04. The molecule has 3 aromatic rings. The average Bonchev–Trinajstić information content (AvgIpc) is 2.72. The second-order valence-electron chi connectivity index (χ2n) is 5.78. The SMILES string of the molecule is Clc1cc(Nc2ncnc(N3CCNCC3)n2)ccc1Oc1cccnn1. The normalized spacial score (nSPS) is 14.0. The lowest BCUT2D eigenvalue weighted by Gasteiger charge is -2.27. The van der Waals surface area contributed by atoms with Gasteiger partial charge in [-0.3, -0.25) is 0 Å². The number of anilines is 3. The second kappa shape index (κ2) is 8.11. The first-order chi connectivity index (χ1) is 13.3. The highest BCUT2D eigenvalue weighted by Gasteiger charge is 2.14. The molecule has 10 heteroatoms. The van der Waals surface area contributed by atoms with Crippen molar-refractivity contribution in [1.29, 1.82) is 0 Å². The Morgan fingerprint density at radius 3 is 2.81 bits per heavy atom. The van der Waals surface area contributed by atoms with Crippen LogP contribution >= 0.6 is 11.6 Å². The van der Waals surface area contributed by atoms with E-state index in [4.69, 9.17) is 16.3 Å². The Morgan fingerprint density at radius 1 is 1.15 bits per heavy atom. The first-order valence-electron chi connectivity index (χ1n) is 8.45. The molecule has 1 saturated heterocycles. The third kappa shape index (κ3) is 4.39. The summed E-state index contributed by atoms with van der Waals surface area (Å²) >= 11 is 6.32. The van der Waals surface area contributed by atoms with E-state index in [0.29, 0.717) is 28.5 Å². The highest BCUT2D eigenvalue weighted by molar-refractivity contribution is 6.32. The van der Waals surface area contributed by atoms with E-state index in [1.54, 1.807) is 30.5 Å². The van der Waals surface area contributed by atoms with E-state index in [9.17, 15) is 0 Å². The van der Waals surface area contributed by atoms with Crippen molar-refractivity contribution in [3.8, 4) is 11.6 Å². The summed E-state index contributed by atoms with van der Waals surface area (Å²) in [5.41, 5.74) is 0.740. The zero-order chi connectivity index (χ0) is 18.5.